The van der Waals surface area contributed by atoms with Crippen molar-refractivity contribution in [3.63, 3.8) is 0 Å². The Morgan fingerprint density at radius 2 is 1.95 bits per heavy atom. The number of halogens is 1. The Kier molecular flexibility index (Phi) is 4.77. The van der Waals surface area contributed by atoms with E-state index in [1.165, 1.54) is 12.1 Å². The Morgan fingerprint density at radius 1 is 1.29 bits per heavy atom. The summed E-state index contributed by atoms with van der Waals surface area (Å²) in [6.07, 6.45) is 3.11. The standard InChI is InChI=1S/C15H20FN3O2/c1-10(15(21)19-7-3-2-4-8-19)18-14(20)12-9-11(16)5-6-13(12)17/h5-6,9-10H,2-4,7-8,17H2,1H3,(H,18,20). The lowest BCUT2D eigenvalue weighted by molar-refractivity contribution is -0.133. The van der Waals surface area contributed by atoms with Gasteiger partial charge in [0.15, 0.2) is 0 Å². The van der Waals surface area contributed by atoms with Gasteiger partial charge in [-0.1, -0.05) is 0 Å². The molecule has 0 aliphatic carbocycles. The molecule has 1 aliphatic heterocycles. The molecule has 2 rings (SSSR count). The molecule has 2 amide bonds. The van der Waals surface area contributed by atoms with E-state index in [0.717, 1.165) is 38.4 Å². The normalized spacial score (nSPS) is 16.4. The summed E-state index contributed by atoms with van der Waals surface area (Å²) in [6, 6.07) is 2.94. The predicted octanol–water partition coefficient (Wildman–Crippen LogP) is 1.54. The number of rotatable bonds is 3. The molecule has 1 aromatic carbocycles. The topological polar surface area (TPSA) is 75.4 Å². The lowest BCUT2D eigenvalue weighted by atomic mass is 10.1. The molecule has 21 heavy (non-hydrogen) atoms. The number of carbonyl (C=O) groups is 2. The van der Waals surface area contributed by atoms with Crippen LogP contribution in [0.5, 0.6) is 0 Å². The van der Waals surface area contributed by atoms with Gasteiger partial charge in [-0.3, -0.25) is 9.59 Å². The van der Waals surface area contributed by atoms with Gasteiger partial charge in [-0.05, 0) is 44.4 Å². The fraction of sp³-hybridized carbons (Fsp3) is 0.467. The van der Waals surface area contributed by atoms with Crippen LogP contribution in [-0.2, 0) is 4.79 Å². The van der Waals surface area contributed by atoms with Gasteiger partial charge in [-0.2, -0.15) is 0 Å². The van der Waals surface area contributed by atoms with Gasteiger partial charge in [0.2, 0.25) is 5.91 Å². The first-order chi connectivity index (χ1) is 9.99. The van der Waals surface area contributed by atoms with Crippen molar-refractivity contribution in [1.29, 1.82) is 0 Å². The molecule has 1 saturated heterocycles. The molecule has 0 bridgehead atoms. The Labute approximate surface area is 123 Å². The molecule has 1 aromatic rings. The second kappa shape index (κ2) is 6.56. The second-order valence-corrected chi connectivity index (χ2v) is 5.31. The number of nitrogens with zero attached hydrogens (tertiary/aromatic N) is 1. The van der Waals surface area contributed by atoms with E-state index in [4.69, 9.17) is 5.73 Å². The Bertz CT molecular complexity index is 542. The first kappa shape index (κ1) is 15.3. The molecule has 1 atom stereocenters. The van der Waals surface area contributed by atoms with Gasteiger partial charge in [-0.25, -0.2) is 4.39 Å². The number of hydrogen-bond acceptors (Lipinski definition) is 3. The van der Waals surface area contributed by atoms with Crippen LogP contribution >= 0.6 is 0 Å². The van der Waals surface area contributed by atoms with E-state index in [2.05, 4.69) is 5.32 Å². The van der Waals surface area contributed by atoms with Crippen molar-refractivity contribution in [2.45, 2.75) is 32.2 Å². The van der Waals surface area contributed by atoms with Crippen molar-refractivity contribution in [2.24, 2.45) is 0 Å². The number of carbonyl (C=O) groups excluding carboxylic acids is 2. The number of nitrogens with one attached hydrogen (secondary N) is 1. The zero-order valence-corrected chi connectivity index (χ0v) is 12.1. The van der Waals surface area contributed by atoms with Crippen LogP contribution in [0.1, 0.15) is 36.5 Å². The monoisotopic (exact) mass is 293 g/mol. The number of hydrogen-bond donors (Lipinski definition) is 2. The maximum atomic E-state index is 13.2. The number of anilines is 1. The SMILES string of the molecule is CC(NC(=O)c1cc(F)ccc1N)C(=O)N1CCCCC1. The molecule has 5 nitrogen and oxygen atoms in total. The molecule has 0 spiro atoms. The molecule has 1 heterocycles. The Morgan fingerprint density at radius 3 is 2.62 bits per heavy atom. The maximum Gasteiger partial charge on any atom is 0.254 e. The lowest BCUT2D eigenvalue weighted by Crippen LogP contribution is -2.48. The maximum absolute atomic E-state index is 13.2. The van der Waals surface area contributed by atoms with E-state index < -0.39 is 17.8 Å². The van der Waals surface area contributed by atoms with Gasteiger partial charge >= 0.3 is 0 Å². The zero-order chi connectivity index (χ0) is 15.4. The fourth-order valence-corrected chi connectivity index (χ4v) is 2.45. The second-order valence-electron chi connectivity index (χ2n) is 5.31. The molecule has 0 radical (unpaired) electrons. The molecule has 1 fully saturated rings. The van der Waals surface area contributed by atoms with E-state index in [-0.39, 0.29) is 17.2 Å². The fourth-order valence-electron chi connectivity index (χ4n) is 2.45. The summed E-state index contributed by atoms with van der Waals surface area (Å²) in [5.74, 6) is -1.19. The largest absolute Gasteiger partial charge is 0.398 e. The van der Waals surface area contributed by atoms with Crippen molar-refractivity contribution >= 4 is 17.5 Å². The number of nitrogen functional groups attached to an aromatic ring is 1. The molecule has 0 saturated carbocycles. The minimum atomic E-state index is -0.654. The zero-order valence-electron chi connectivity index (χ0n) is 12.1. The van der Waals surface area contributed by atoms with E-state index >= 15 is 0 Å². The third kappa shape index (κ3) is 3.71. The number of nitrogens with two attached hydrogens (primary N) is 1. The van der Waals surface area contributed by atoms with Crippen LogP contribution in [0.15, 0.2) is 18.2 Å². The number of benzene rings is 1. The highest BCUT2D eigenvalue weighted by Crippen LogP contribution is 2.14. The van der Waals surface area contributed by atoms with Crippen LogP contribution in [0.4, 0.5) is 10.1 Å². The summed E-state index contributed by atoms with van der Waals surface area (Å²) in [4.78, 5) is 26.1. The molecule has 0 aromatic heterocycles. The van der Waals surface area contributed by atoms with Crippen LogP contribution < -0.4 is 11.1 Å². The van der Waals surface area contributed by atoms with Crippen LogP contribution in [0, 0.1) is 5.82 Å². The van der Waals surface area contributed by atoms with Crippen molar-refractivity contribution in [3.8, 4) is 0 Å². The third-order valence-corrected chi connectivity index (χ3v) is 3.65. The average Bonchev–Trinajstić information content (AvgIpc) is 2.49. The van der Waals surface area contributed by atoms with Gasteiger partial charge < -0.3 is 16.0 Å². The molecular weight excluding hydrogens is 273 g/mol. The Balaban J connectivity index is 2.01. The van der Waals surface area contributed by atoms with Crippen LogP contribution in [0.3, 0.4) is 0 Å². The summed E-state index contributed by atoms with van der Waals surface area (Å²) >= 11 is 0. The van der Waals surface area contributed by atoms with Crippen LogP contribution in [-0.4, -0.2) is 35.8 Å². The predicted molar refractivity (Wildman–Crippen MR) is 78.2 cm³/mol. The first-order valence-corrected chi connectivity index (χ1v) is 7.13. The van der Waals surface area contributed by atoms with Gasteiger partial charge in [-0.15, -0.1) is 0 Å². The summed E-state index contributed by atoms with van der Waals surface area (Å²) in [7, 11) is 0. The molecule has 3 N–H and O–H groups in total. The van der Waals surface area contributed by atoms with E-state index in [1.54, 1.807) is 11.8 Å². The lowest BCUT2D eigenvalue weighted by Gasteiger charge is -2.29. The van der Waals surface area contributed by atoms with Crippen molar-refractivity contribution in [3.05, 3.63) is 29.6 Å². The summed E-state index contributed by atoms with van der Waals surface area (Å²) in [5.41, 5.74) is 5.90. The van der Waals surface area contributed by atoms with Crippen molar-refractivity contribution in [1.82, 2.24) is 10.2 Å². The minimum absolute atomic E-state index is 0.0493. The minimum Gasteiger partial charge on any atom is -0.398 e. The molecule has 114 valence electrons. The van der Waals surface area contributed by atoms with Gasteiger partial charge in [0, 0.05) is 18.8 Å². The van der Waals surface area contributed by atoms with Crippen molar-refractivity contribution in [2.75, 3.05) is 18.8 Å². The van der Waals surface area contributed by atoms with Crippen molar-refractivity contribution < 1.29 is 14.0 Å². The number of likely N-dealkylation sites (tertiary alicyclic amines) is 1. The quantitative estimate of drug-likeness (QED) is 0.830. The molecule has 1 aliphatic rings. The number of amides is 2. The van der Waals surface area contributed by atoms with Gasteiger partial charge in [0.25, 0.3) is 5.91 Å². The van der Waals surface area contributed by atoms with Crippen LogP contribution in [0.25, 0.3) is 0 Å². The smallest absolute Gasteiger partial charge is 0.254 e. The van der Waals surface area contributed by atoms with Gasteiger partial charge in [0.05, 0.1) is 5.56 Å². The summed E-state index contributed by atoms with van der Waals surface area (Å²) in [6.45, 7) is 3.08. The average molecular weight is 293 g/mol. The molecular formula is C15H20FN3O2. The van der Waals surface area contributed by atoms with E-state index in [0.29, 0.717) is 0 Å². The first-order valence-electron chi connectivity index (χ1n) is 7.13. The highest BCUT2D eigenvalue weighted by Gasteiger charge is 2.24. The van der Waals surface area contributed by atoms with E-state index in [9.17, 15) is 14.0 Å². The third-order valence-electron chi connectivity index (χ3n) is 3.65. The summed E-state index contributed by atoms with van der Waals surface area (Å²) in [5, 5.41) is 2.58. The highest BCUT2D eigenvalue weighted by molar-refractivity contribution is 6.01. The van der Waals surface area contributed by atoms with Gasteiger partial charge in [0.1, 0.15) is 11.9 Å². The Hall–Kier alpha value is -2.11. The highest BCUT2D eigenvalue weighted by atomic mass is 19.1. The summed E-state index contributed by atoms with van der Waals surface area (Å²) < 4.78 is 13.2. The number of piperidine rings is 1. The molecule has 1 unspecified atom stereocenters. The van der Waals surface area contributed by atoms with E-state index in [1.807, 2.05) is 0 Å². The molecule has 6 heteroatoms. The van der Waals surface area contributed by atoms with Crippen LogP contribution in [0.2, 0.25) is 0 Å².